The summed E-state index contributed by atoms with van der Waals surface area (Å²) >= 11 is 0. The van der Waals surface area contributed by atoms with E-state index in [-0.39, 0.29) is 11.3 Å². The summed E-state index contributed by atoms with van der Waals surface area (Å²) in [5.41, 5.74) is 1.20. The van der Waals surface area contributed by atoms with E-state index in [1.54, 1.807) is 4.68 Å². The maximum absolute atomic E-state index is 12.6. The molecule has 1 amide bonds. The monoisotopic (exact) mass is 414 g/mol. The molecule has 9 nitrogen and oxygen atoms in total. The fourth-order valence-electron chi connectivity index (χ4n) is 4.15. The molecule has 1 N–H and O–H groups in total. The zero-order chi connectivity index (χ0) is 20.7. The predicted molar refractivity (Wildman–Crippen MR) is 110 cm³/mol. The first-order valence-electron chi connectivity index (χ1n) is 10.7. The van der Waals surface area contributed by atoms with Gasteiger partial charge in [0.15, 0.2) is 5.82 Å². The van der Waals surface area contributed by atoms with Gasteiger partial charge in [-0.25, -0.2) is 4.68 Å². The highest BCUT2D eigenvalue weighted by Crippen LogP contribution is 2.34. The SMILES string of the molecule is O=C(CCn1nnnc1CN1CCOCC1)NCC1(c2ccccc2)CCOCC1. The lowest BCUT2D eigenvalue weighted by Gasteiger charge is -2.38. The fourth-order valence-corrected chi connectivity index (χ4v) is 4.15. The van der Waals surface area contributed by atoms with Crippen molar-refractivity contribution in [2.24, 2.45) is 0 Å². The Hall–Kier alpha value is -2.36. The molecule has 0 radical (unpaired) electrons. The number of hydrogen-bond donors (Lipinski definition) is 1. The van der Waals surface area contributed by atoms with E-state index in [9.17, 15) is 4.79 Å². The number of carbonyl (C=O) groups is 1. The zero-order valence-corrected chi connectivity index (χ0v) is 17.3. The van der Waals surface area contributed by atoms with Crippen LogP contribution < -0.4 is 5.32 Å². The van der Waals surface area contributed by atoms with Gasteiger partial charge in [0.2, 0.25) is 5.91 Å². The van der Waals surface area contributed by atoms with Gasteiger partial charge in [0, 0.05) is 44.7 Å². The van der Waals surface area contributed by atoms with E-state index in [1.165, 1.54) is 5.56 Å². The summed E-state index contributed by atoms with van der Waals surface area (Å²) in [6.07, 6.45) is 2.17. The molecule has 2 aliphatic rings. The second kappa shape index (κ2) is 10.1. The molecular formula is C21H30N6O3. The van der Waals surface area contributed by atoms with E-state index in [2.05, 4.69) is 50.0 Å². The summed E-state index contributed by atoms with van der Waals surface area (Å²) < 4.78 is 12.7. The van der Waals surface area contributed by atoms with Crippen LogP contribution in [0.1, 0.15) is 30.7 Å². The number of hydrogen-bond acceptors (Lipinski definition) is 7. The van der Waals surface area contributed by atoms with Crippen molar-refractivity contribution in [1.29, 1.82) is 0 Å². The van der Waals surface area contributed by atoms with Gasteiger partial charge < -0.3 is 14.8 Å². The van der Waals surface area contributed by atoms with Gasteiger partial charge in [0.25, 0.3) is 0 Å². The molecule has 9 heteroatoms. The van der Waals surface area contributed by atoms with Crippen LogP contribution in [0.5, 0.6) is 0 Å². The molecular weight excluding hydrogens is 384 g/mol. The Kier molecular flexibility index (Phi) is 7.03. The number of ether oxygens (including phenoxy) is 2. The largest absolute Gasteiger partial charge is 0.381 e. The number of benzene rings is 1. The molecule has 2 aliphatic heterocycles. The Balaban J connectivity index is 1.30. The van der Waals surface area contributed by atoms with E-state index < -0.39 is 0 Å². The lowest BCUT2D eigenvalue weighted by molar-refractivity contribution is -0.121. The van der Waals surface area contributed by atoms with Crippen LogP contribution in [0.15, 0.2) is 30.3 Å². The standard InChI is InChI=1S/C21H30N6O3/c28-20(6-9-27-19(23-24-25-27)16-26-10-14-30-15-11-26)22-17-21(7-12-29-13-8-21)18-4-2-1-3-5-18/h1-5H,6-17H2,(H,22,28). The molecule has 0 atom stereocenters. The molecule has 0 unspecified atom stereocenters. The minimum atomic E-state index is -0.0640. The second-order valence-corrected chi connectivity index (χ2v) is 7.99. The summed E-state index contributed by atoms with van der Waals surface area (Å²) in [5, 5.41) is 15.1. The minimum absolute atomic E-state index is 0.0182. The molecule has 30 heavy (non-hydrogen) atoms. The quantitative estimate of drug-likeness (QED) is 0.681. The lowest BCUT2D eigenvalue weighted by atomic mass is 9.74. The van der Waals surface area contributed by atoms with Crippen LogP contribution in [0, 0.1) is 0 Å². The molecule has 3 heterocycles. The number of morpholine rings is 1. The zero-order valence-electron chi connectivity index (χ0n) is 17.3. The number of carbonyl (C=O) groups excluding carboxylic acids is 1. The molecule has 4 rings (SSSR count). The van der Waals surface area contributed by atoms with Crippen molar-refractivity contribution >= 4 is 5.91 Å². The maximum Gasteiger partial charge on any atom is 0.221 e. The summed E-state index contributed by atoms with van der Waals surface area (Å²) in [6, 6.07) is 10.4. The molecule has 162 valence electrons. The van der Waals surface area contributed by atoms with Gasteiger partial charge in [-0.3, -0.25) is 9.69 Å². The summed E-state index contributed by atoms with van der Waals surface area (Å²) in [7, 11) is 0. The van der Waals surface area contributed by atoms with Crippen LogP contribution in [-0.4, -0.2) is 77.1 Å². The number of rotatable bonds is 8. The molecule has 2 saturated heterocycles. The van der Waals surface area contributed by atoms with E-state index in [4.69, 9.17) is 9.47 Å². The average molecular weight is 415 g/mol. The number of aryl methyl sites for hydroxylation is 1. The number of aromatic nitrogens is 4. The third kappa shape index (κ3) is 5.21. The summed E-state index contributed by atoms with van der Waals surface area (Å²) in [4.78, 5) is 14.9. The van der Waals surface area contributed by atoms with Crippen molar-refractivity contribution in [2.75, 3.05) is 46.1 Å². The molecule has 1 aromatic carbocycles. The molecule has 2 fully saturated rings. The lowest BCUT2D eigenvalue weighted by Crippen LogP contribution is -2.44. The number of amides is 1. The average Bonchev–Trinajstić information content (AvgIpc) is 3.25. The highest BCUT2D eigenvalue weighted by Gasteiger charge is 2.34. The van der Waals surface area contributed by atoms with Crippen molar-refractivity contribution in [3.05, 3.63) is 41.7 Å². The normalized spacial score (nSPS) is 19.5. The Bertz CT molecular complexity index is 800. The van der Waals surface area contributed by atoms with E-state index in [0.717, 1.165) is 58.2 Å². The van der Waals surface area contributed by atoms with E-state index in [0.29, 0.717) is 26.1 Å². The van der Waals surface area contributed by atoms with Crippen LogP contribution in [0.25, 0.3) is 0 Å². The second-order valence-electron chi connectivity index (χ2n) is 7.99. The van der Waals surface area contributed by atoms with Gasteiger partial charge >= 0.3 is 0 Å². The van der Waals surface area contributed by atoms with Crippen LogP contribution >= 0.6 is 0 Å². The van der Waals surface area contributed by atoms with E-state index in [1.807, 2.05) is 6.07 Å². The van der Waals surface area contributed by atoms with Crippen LogP contribution in [0.3, 0.4) is 0 Å². The van der Waals surface area contributed by atoms with Crippen LogP contribution in [-0.2, 0) is 32.8 Å². The first-order valence-corrected chi connectivity index (χ1v) is 10.7. The van der Waals surface area contributed by atoms with Crippen molar-refractivity contribution < 1.29 is 14.3 Å². The van der Waals surface area contributed by atoms with Gasteiger partial charge in [-0.15, -0.1) is 5.10 Å². The van der Waals surface area contributed by atoms with Crippen LogP contribution in [0.4, 0.5) is 0 Å². The highest BCUT2D eigenvalue weighted by molar-refractivity contribution is 5.76. The third-order valence-electron chi connectivity index (χ3n) is 6.09. The number of nitrogens with one attached hydrogen (secondary N) is 1. The highest BCUT2D eigenvalue weighted by atomic mass is 16.5. The van der Waals surface area contributed by atoms with Crippen molar-refractivity contribution in [3.63, 3.8) is 0 Å². The first kappa shape index (κ1) is 20.9. The van der Waals surface area contributed by atoms with Gasteiger partial charge in [-0.1, -0.05) is 30.3 Å². The molecule has 0 saturated carbocycles. The molecule has 0 spiro atoms. The van der Waals surface area contributed by atoms with E-state index >= 15 is 0 Å². The Morgan fingerprint density at radius 1 is 1.07 bits per heavy atom. The van der Waals surface area contributed by atoms with Gasteiger partial charge in [0.05, 0.1) is 26.3 Å². The van der Waals surface area contributed by atoms with Crippen LogP contribution in [0.2, 0.25) is 0 Å². The van der Waals surface area contributed by atoms with Gasteiger partial charge in [-0.2, -0.15) is 0 Å². The Labute approximate surface area is 176 Å². The smallest absolute Gasteiger partial charge is 0.221 e. The molecule has 2 aromatic rings. The van der Waals surface area contributed by atoms with Crippen molar-refractivity contribution in [2.45, 2.75) is 37.8 Å². The maximum atomic E-state index is 12.6. The Morgan fingerprint density at radius 2 is 1.80 bits per heavy atom. The molecule has 1 aromatic heterocycles. The number of nitrogens with zero attached hydrogens (tertiary/aromatic N) is 5. The van der Waals surface area contributed by atoms with Gasteiger partial charge in [0.1, 0.15) is 0 Å². The summed E-state index contributed by atoms with van der Waals surface area (Å²) in [6.45, 7) is 6.43. The first-order chi connectivity index (χ1) is 14.8. The van der Waals surface area contributed by atoms with Crippen molar-refractivity contribution in [1.82, 2.24) is 30.4 Å². The number of tetrazole rings is 1. The molecule has 0 aliphatic carbocycles. The summed E-state index contributed by atoms with van der Waals surface area (Å²) in [5.74, 6) is 0.805. The van der Waals surface area contributed by atoms with Gasteiger partial charge in [-0.05, 0) is 28.8 Å². The Morgan fingerprint density at radius 3 is 2.57 bits per heavy atom. The third-order valence-corrected chi connectivity index (χ3v) is 6.09. The fraction of sp³-hybridized carbons (Fsp3) is 0.619. The van der Waals surface area contributed by atoms with Crippen molar-refractivity contribution in [3.8, 4) is 0 Å². The minimum Gasteiger partial charge on any atom is -0.381 e. The topological polar surface area (TPSA) is 94.4 Å². The molecule has 0 bridgehead atoms. The predicted octanol–water partition coefficient (Wildman–Crippen LogP) is 0.760.